The minimum atomic E-state index is -6.00. The molecule has 120 valence electrons. The first-order valence-electron chi connectivity index (χ1n) is 5.86. The van der Waals surface area contributed by atoms with Crippen molar-refractivity contribution in [2.24, 2.45) is 0 Å². The molecule has 0 N–H and O–H groups in total. The minimum absolute atomic E-state index is 0. The van der Waals surface area contributed by atoms with Crippen LogP contribution >= 0.6 is 0 Å². The van der Waals surface area contributed by atoms with E-state index in [1.807, 2.05) is 0 Å². The number of hydrogen-bond acceptors (Lipinski definition) is 1. The van der Waals surface area contributed by atoms with Gasteiger partial charge in [0.05, 0.1) is 0 Å². The van der Waals surface area contributed by atoms with Crippen molar-refractivity contribution in [1.82, 2.24) is 0 Å². The zero-order valence-electron chi connectivity index (χ0n) is 11.0. The fraction of sp³-hybridized carbons (Fsp3) is 0.818. The molecule has 0 aromatic carbocycles. The molecule has 9 heteroatoms. The predicted octanol–water partition coefficient (Wildman–Crippen LogP) is 3.97. The molecule has 1 aliphatic carbocycles. The molecule has 1 heterocycles. The van der Waals surface area contributed by atoms with Crippen LogP contribution in [0, 0.1) is 13.3 Å². The average Bonchev–Trinajstić information content (AvgIpc) is 3.10. The van der Waals surface area contributed by atoms with Gasteiger partial charge in [-0.3, -0.25) is 0 Å². The van der Waals surface area contributed by atoms with Crippen LogP contribution in [0.5, 0.6) is 0 Å². The Morgan fingerprint density at radius 3 is 0.950 bits per heavy atom. The van der Waals surface area contributed by atoms with Gasteiger partial charge in [-0.15, -0.1) is 0 Å². The van der Waals surface area contributed by atoms with E-state index in [4.69, 9.17) is 14.0 Å². The summed E-state index contributed by atoms with van der Waals surface area (Å²) >= 11 is 0. The summed E-state index contributed by atoms with van der Waals surface area (Å²) < 4.78 is 58.9. The third-order valence-corrected chi connectivity index (χ3v) is 2.08. The monoisotopic (exact) mass is 341 g/mol. The van der Waals surface area contributed by atoms with Crippen molar-refractivity contribution in [1.29, 1.82) is 0 Å². The Morgan fingerprint density at radius 2 is 0.850 bits per heavy atom. The third-order valence-electron chi connectivity index (χ3n) is 2.08. The van der Waals surface area contributed by atoms with Crippen LogP contribution in [-0.2, 0) is 31.1 Å². The van der Waals surface area contributed by atoms with Crippen molar-refractivity contribution in [2.75, 3.05) is 13.2 Å². The molecule has 0 unspecified atom stereocenters. The molecule has 2 fully saturated rings. The van der Waals surface area contributed by atoms with Gasteiger partial charge in [-0.1, -0.05) is 32.1 Å². The summed E-state index contributed by atoms with van der Waals surface area (Å²) in [6.45, 7) is 11.0. The Balaban J connectivity index is -0.0000000836. The summed E-state index contributed by atoms with van der Waals surface area (Å²) in [5.74, 6) is 0. The van der Waals surface area contributed by atoms with Crippen LogP contribution in [-0.4, -0.2) is 20.5 Å². The van der Waals surface area contributed by atoms with Gasteiger partial charge in [-0.25, -0.2) is 0 Å². The Bertz CT molecular complexity index is 168. The summed E-state index contributed by atoms with van der Waals surface area (Å²) in [6, 6.07) is 0. The maximum atomic E-state index is 9.75. The molecule has 0 bridgehead atoms. The summed E-state index contributed by atoms with van der Waals surface area (Å²) in [5.41, 5.74) is 0. The van der Waals surface area contributed by atoms with Crippen molar-refractivity contribution >= 4 is 7.25 Å². The van der Waals surface area contributed by atoms with Crippen molar-refractivity contribution in [2.45, 2.75) is 44.9 Å². The van der Waals surface area contributed by atoms with E-state index >= 15 is 0 Å². The van der Waals surface area contributed by atoms with Crippen LogP contribution < -0.4 is 0 Å². The average molecular weight is 341 g/mol. The van der Waals surface area contributed by atoms with E-state index in [0.29, 0.717) is 0 Å². The maximum absolute atomic E-state index is 9.75. The van der Waals surface area contributed by atoms with Crippen LogP contribution in [0.25, 0.3) is 0 Å². The van der Waals surface area contributed by atoms with Gasteiger partial charge in [0, 0.05) is 30.3 Å². The largest absolute Gasteiger partial charge is 0 e. The predicted molar refractivity (Wildman–Crippen MR) is 61.2 cm³/mol. The molecule has 1 saturated carbocycles. The summed E-state index contributed by atoms with van der Waals surface area (Å²) in [7, 11) is -6.00. The van der Waals surface area contributed by atoms with Crippen LogP contribution in [0.4, 0.5) is 17.3 Å². The molecule has 0 spiro atoms. The fourth-order valence-corrected chi connectivity index (χ4v) is 1.39. The van der Waals surface area contributed by atoms with Gasteiger partial charge in [0.1, 0.15) is 0 Å². The molecule has 1 aliphatic heterocycles. The van der Waals surface area contributed by atoms with Gasteiger partial charge in [0.25, 0.3) is 0 Å². The quantitative estimate of drug-likeness (QED) is 0.285. The van der Waals surface area contributed by atoms with Crippen molar-refractivity contribution < 1.29 is 48.4 Å². The van der Waals surface area contributed by atoms with E-state index in [0.717, 1.165) is 13.2 Å². The molecule has 0 aromatic heterocycles. The molecule has 3 nitrogen and oxygen atoms in total. The van der Waals surface area contributed by atoms with E-state index < -0.39 is 7.25 Å². The first kappa shape index (κ1) is 28.0. The van der Waals surface area contributed by atoms with Crippen molar-refractivity contribution in [3.8, 4) is 0 Å². The van der Waals surface area contributed by atoms with Gasteiger partial charge in [-0.05, 0) is 12.8 Å². The number of ether oxygens (including phenoxy) is 1. The Hall–Kier alpha value is -0.256. The second kappa shape index (κ2) is 23.8. The first-order chi connectivity index (χ1) is 9.00. The SMILES string of the molecule is C1CCCC1.C1CCOC1.F[B-](F)(F)F.[C-]#[O+].[C-]#[O+].[Fe]. The molecule has 1 saturated heterocycles. The number of hydrogen-bond donors (Lipinski definition) is 0. The molecular weight excluding hydrogens is 323 g/mol. The minimum Gasteiger partial charge on any atom is 0 e. The Kier molecular flexibility index (Phi) is 33.3. The summed E-state index contributed by atoms with van der Waals surface area (Å²) in [4.78, 5) is 0. The molecule has 0 atom stereocenters. The molecule has 2 aliphatic rings. The summed E-state index contributed by atoms with van der Waals surface area (Å²) in [6.07, 6.45) is 10.1. The van der Waals surface area contributed by atoms with Gasteiger partial charge in [0.2, 0.25) is 0 Å². The Labute approximate surface area is 127 Å². The van der Waals surface area contributed by atoms with Crippen molar-refractivity contribution in [3.05, 3.63) is 13.3 Å². The molecule has 2 rings (SSSR count). The summed E-state index contributed by atoms with van der Waals surface area (Å²) in [5, 5.41) is 0. The van der Waals surface area contributed by atoms with E-state index in [1.54, 1.807) is 0 Å². The van der Waals surface area contributed by atoms with E-state index in [9.17, 15) is 17.3 Å². The van der Waals surface area contributed by atoms with Crippen LogP contribution in [0.15, 0.2) is 0 Å². The van der Waals surface area contributed by atoms with Crippen LogP contribution in [0.3, 0.4) is 0 Å². The normalized spacial score (nSPS) is 15.2. The Morgan fingerprint density at radius 1 is 0.650 bits per heavy atom. The number of rotatable bonds is 0. The van der Waals surface area contributed by atoms with Crippen LogP contribution in [0.1, 0.15) is 44.9 Å². The topological polar surface area (TPSA) is 49.0 Å². The second-order valence-electron chi connectivity index (χ2n) is 3.58. The van der Waals surface area contributed by atoms with Gasteiger partial charge >= 0.3 is 29.9 Å². The molecule has 0 radical (unpaired) electrons. The zero-order valence-corrected chi connectivity index (χ0v) is 12.1. The smallest absolute Gasteiger partial charge is 0 e. The fourth-order valence-electron chi connectivity index (χ4n) is 1.39. The van der Waals surface area contributed by atoms with Gasteiger partial charge in [-0.2, -0.15) is 0 Å². The van der Waals surface area contributed by atoms with Gasteiger partial charge < -0.3 is 22.0 Å². The molecule has 0 aromatic rings. The van der Waals surface area contributed by atoms with E-state index in [1.165, 1.54) is 44.9 Å². The third kappa shape index (κ3) is 52.4. The maximum Gasteiger partial charge on any atom is 0 e. The van der Waals surface area contributed by atoms with E-state index in [2.05, 4.69) is 13.3 Å². The molecular formula is C11H18BF4FeO3-. The molecule has 0 amide bonds. The van der Waals surface area contributed by atoms with Crippen molar-refractivity contribution in [3.63, 3.8) is 0 Å². The van der Waals surface area contributed by atoms with Crippen LogP contribution in [0.2, 0.25) is 0 Å². The first-order valence-corrected chi connectivity index (χ1v) is 5.86. The zero-order chi connectivity index (χ0) is 15.6. The molecule has 20 heavy (non-hydrogen) atoms. The standard InChI is InChI=1S/C5H10.C4H8O.2CO.BF4.Fe/c2*1-2-4-5-3-1;2*1-2;2-1(3,4)5;/h1-5H2;1-4H2;;;;/q;;;;-1;. The van der Waals surface area contributed by atoms with E-state index in [-0.39, 0.29) is 17.1 Å². The van der Waals surface area contributed by atoms with Gasteiger partial charge in [0.15, 0.2) is 0 Å². The second-order valence-corrected chi connectivity index (χ2v) is 3.58. The number of halogens is 4.